The van der Waals surface area contributed by atoms with E-state index in [9.17, 15) is 14.4 Å². The summed E-state index contributed by atoms with van der Waals surface area (Å²) in [5.41, 5.74) is 1.23. The summed E-state index contributed by atoms with van der Waals surface area (Å²) in [4.78, 5) is 48.2. The molecule has 0 unspecified atom stereocenters. The van der Waals surface area contributed by atoms with Gasteiger partial charge in [-0.3, -0.25) is 14.9 Å². The third-order valence-electron chi connectivity index (χ3n) is 5.66. The van der Waals surface area contributed by atoms with E-state index in [1.54, 1.807) is 51.9 Å². The topological polar surface area (TPSA) is 126 Å². The van der Waals surface area contributed by atoms with Gasteiger partial charge in [0.2, 0.25) is 0 Å². The molecule has 188 valence electrons. The largest absolute Gasteiger partial charge is 0.444 e. The Bertz CT molecular complexity index is 1080. The van der Waals surface area contributed by atoms with Crippen molar-refractivity contribution in [2.75, 3.05) is 29.5 Å². The lowest BCUT2D eigenvalue weighted by Crippen LogP contribution is -2.46. The second kappa shape index (κ2) is 10.7. The molecule has 1 saturated heterocycles. The van der Waals surface area contributed by atoms with E-state index in [1.807, 2.05) is 12.1 Å². The van der Waals surface area contributed by atoms with Gasteiger partial charge in [0.1, 0.15) is 17.2 Å². The number of amides is 3. The predicted octanol–water partition coefficient (Wildman–Crippen LogP) is 4.11. The number of likely N-dealkylation sites (tertiary alicyclic amines) is 1. The standard InChI is InChI=1S/C25H34N6O4/c1-15-7-9-19(17-8-10-20(26-6)27-12-17)31(14-15)23(33)22(32)29-18-11-16(2)21(28-13-18)30-24(34)35-25(3,4)5/h8,10-13,15,19H,7,9,14H2,1-6H3,(H,26,27)(H,29,32)(H,28,30,34)/t15-,19+/m1/s1. The molecule has 0 aliphatic carbocycles. The minimum Gasteiger partial charge on any atom is -0.444 e. The molecule has 3 heterocycles. The van der Waals surface area contributed by atoms with Crippen molar-refractivity contribution in [2.45, 2.75) is 59.1 Å². The Hall–Kier alpha value is -3.69. The van der Waals surface area contributed by atoms with Crippen LogP contribution in [0.4, 0.5) is 22.1 Å². The fourth-order valence-corrected chi connectivity index (χ4v) is 3.96. The number of aromatic nitrogens is 2. The summed E-state index contributed by atoms with van der Waals surface area (Å²) in [7, 11) is 1.79. The van der Waals surface area contributed by atoms with Gasteiger partial charge < -0.3 is 20.3 Å². The first-order valence-electron chi connectivity index (χ1n) is 11.7. The average Bonchev–Trinajstić information content (AvgIpc) is 2.79. The number of nitrogens with one attached hydrogen (secondary N) is 3. The Morgan fingerprint density at radius 3 is 2.43 bits per heavy atom. The van der Waals surface area contributed by atoms with Crippen LogP contribution in [-0.2, 0) is 14.3 Å². The summed E-state index contributed by atoms with van der Waals surface area (Å²) in [6.45, 7) is 9.60. The van der Waals surface area contributed by atoms with E-state index in [0.717, 1.165) is 24.2 Å². The van der Waals surface area contributed by atoms with Gasteiger partial charge in [-0.25, -0.2) is 14.8 Å². The molecule has 3 amide bonds. The van der Waals surface area contributed by atoms with Gasteiger partial charge in [-0.1, -0.05) is 13.0 Å². The first kappa shape index (κ1) is 25.9. The molecule has 35 heavy (non-hydrogen) atoms. The SMILES string of the molecule is CNc1ccc([C@@H]2CC[C@@H](C)CN2C(=O)C(=O)Nc2cnc(NC(=O)OC(C)(C)C)c(C)c2)cn1. The van der Waals surface area contributed by atoms with Crippen LogP contribution in [-0.4, -0.2) is 52.0 Å². The summed E-state index contributed by atoms with van der Waals surface area (Å²) in [5.74, 6) is -0.00694. The molecular formula is C25H34N6O4. The molecule has 0 radical (unpaired) electrons. The number of carbonyl (C=O) groups excluding carboxylic acids is 3. The molecule has 0 spiro atoms. The number of pyridine rings is 2. The number of rotatable bonds is 4. The van der Waals surface area contributed by atoms with E-state index >= 15 is 0 Å². The second-order valence-electron chi connectivity index (χ2n) is 9.85. The van der Waals surface area contributed by atoms with E-state index in [0.29, 0.717) is 23.6 Å². The Balaban J connectivity index is 1.70. The molecule has 0 saturated carbocycles. The Morgan fingerprint density at radius 2 is 1.83 bits per heavy atom. The summed E-state index contributed by atoms with van der Waals surface area (Å²) in [6, 6.07) is 5.21. The first-order chi connectivity index (χ1) is 16.5. The summed E-state index contributed by atoms with van der Waals surface area (Å²) >= 11 is 0. The molecule has 2 aromatic rings. The van der Waals surface area contributed by atoms with Crippen molar-refractivity contribution in [2.24, 2.45) is 5.92 Å². The number of piperidine rings is 1. The number of hydrogen-bond donors (Lipinski definition) is 3. The van der Waals surface area contributed by atoms with Crippen LogP contribution in [0.2, 0.25) is 0 Å². The third kappa shape index (κ3) is 6.91. The van der Waals surface area contributed by atoms with Crippen molar-refractivity contribution < 1.29 is 19.1 Å². The molecule has 0 aromatic carbocycles. The molecule has 1 aliphatic rings. The first-order valence-corrected chi connectivity index (χ1v) is 11.7. The molecule has 10 nitrogen and oxygen atoms in total. The summed E-state index contributed by atoms with van der Waals surface area (Å²) in [6.07, 6.45) is 4.23. The van der Waals surface area contributed by atoms with Gasteiger partial charge in [-0.05, 0) is 69.7 Å². The zero-order chi connectivity index (χ0) is 25.8. The molecule has 3 N–H and O–H groups in total. The molecule has 3 rings (SSSR count). The number of hydrogen-bond acceptors (Lipinski definition) is 7. The van der Waals surface area contributed by atoms with Crippen LogP contribution in [0.3, 0.4) is 0 Å². The van der Waals surface area contributed by atoms with Crippen LogP contribution in [0, 0.1) is 12.8 Å². The van der Waals surface area contributed by atoms with Crippen molar-refractivity contribution in [1.29, 1.82) is 0 Å². The van der Waals surface area contributed by atoms with E-state index < -0.39 is 23.5 Å². The fraction of sp³-hybridized carbons (Fsp3) is 0.480. The number of carbonyl (C=O) groups is 3. The Kier molecular flexibility index (Phi) is 7.93. The third-order valence-corrected chi connectivity index (χ3v) is 5.66. The lowest BCUT2D eigenvalue weighted by atomic mass is 9.90. The van der Waals surface area contributed by atoms with Gasteiger partial charge in [0.05, 0.1) is 17.9 Å². The average molecular weight is 483 g/mol. The lowest BCUT2D eigenvalue weighted by Gasteiger charge is -2.38. The van der Waals surface area contributed by atoms with E-state index in [2.05, 4.69) is 32.8 Å². The maximum absolute atomic E-state index is 13.2. The van der Waals surface area contributed by atoms with Crippen LogP contribution in [0.5, 0.6) is 0 Å². The van der Waals surface area contributed by atoms with Gasteiger partial charge in [-0.15, -0.1) is 0 Å². The van der Waals surface area contributed by atoms with Crippen molar-refractivity contribution in [3.05, 3.63) is 41.7 Å². The molecule has 1 fully saturated rings. The van der Waals surface area contributed by atoms with Crippen LogP contribution in [0.25, 0.3) is 0 Å². The van der Waals surface area contributed by atoms with Crippen LogP contribution in [0.15, 0.2) is 30.6 Å². The van der Waals surface area contributed by atoms with Crippen molar-refractivity contribution in [1.82, 2.24) is 14.9 Å². The molecule has 2 aromatic heterocycles. The Labute approximate surface area is 205 Å². The highest BCUT2D eigenvalue weighted by Gasteiger charge is 2.34. The number of nitrogens with zero attached hydrogens (tertiary/aromatic N) is 3. The van der Waals surface area contributed by atoms with Gasteiger partial charge in [0.25, 0.3) is 0 Å². The predicted molar refractivity (Wildman–Crippen MR) is 134 cm³/mol. The molecule has 0 bridgehead atoms. The minimum absolute atomic E-state index is 0.219. The number of anilines is 3. The minimum atomic E-state index is -0.738. The zero-order valence-electron chi connectivity index (χ0n) is 21.1. The van der Waals surface area contributed by atoms with E-state index in [-0.39, 0.29) is 12.0 Å². The highest BCUT2D eigenvalue weighted by Crippen LogP contribution is 2.33. The monoisotopic (exact) mass is 482 g/mol. The van der Waals surface area contributed by atoms with Gasteiger partial charge in [0, 0.05) is 19.8 Å². The van der Waals surface area contributed by atoms with Crippen molar-refractivity contribution in [3.8, 4) is 0 Å². The van der Waals surface area contributed by atoms with Gasteiger partial charge >= 0.3 is 17.9 Å². The van der Waals surface area contributed by atoms with Gasteiger partial charge in [0.15, 0.2) is 0 Å². The molecule has 10 heteroatoms. The lowest BCUT2D eigenvalue weighted by molar-refractivity contribution is -0.146. The molecular weight excluding hydrogens is 448 g/mol. The van der Waals surface area contributed by atoms with Gasteiger partial charge in [-0.2, -0.15) is 0 Å². The van der Waals surface area contributed by atoms with E-state index in [4.69, 9.17) is 4.74 Å². The Morgan fingerprint density at radius 1 is 1.09 bits per heavy atom. The maximum atomic E-state index is 13.2. The summed E-state index contributed by atoms with van der Waals surface area (Å²) in [5, 5.41) is 8.21. The highest BCUT2D eigenvalue weighted by atomic mass is 16.6. The van der Waals surface area contributed by atoms with E-state index in [1.165, 1.54) is 6.20 Å². The normalized spacial score (nSPS) is 17.9. The summed E-state index contributed by atoms with van der Waals surface area (Å²) < 4.78 is 5.24. The molecule has 1 aliphatic heterocycles. The smallest absolute Gasteiger partial charge is 0.413 e. The maximum Gasteiger partial charge on any atom is 0.413 e. The van der Waals surface area contributed by atoms with Crippen LogP contribution < -0.4 is 16.0 Å². The second-order valence-corrected chi connectivity index (χ2v) is 9.85. The van der Waals surface area contributed by atoms with Crippen LogP contribution >= 0.6 is 0 Å². The molecule has 2 atom stereocenters. The van der Waals surface area contributed by atoms with Crippen LogP contribution in [0.1, 0.15) is 57.7 Å². The number of aryl methyl sites for hydroxylation is 1. The number of ether oxygens (including phenoxy) is 1. The van der Waals surface area contributed by atoms with Crippen molar-refractivity contribution >= 4 is 35.2 Å². The zero-order valence-corrected chi connectivity index (χ0v) is 21.1. The highest BCUT2D eigenvalue weighted by molar-refractivity contribution is 6.39. The van der Waals surface area contributed by atoms with Crippen molar-refractivity contribution in [3.63, 3.8) is 0 Å². The fourth-order valence-electron chi connectivity index (χ4n) is 3.96. The quantitative estimate of drug-likeness (QED) is 0.560.